The highest BCUT2D eigenvalue weighted by atomic mass is 35.5. The largest absolute Gasteiger partial charge is 0.299 e. The van der Waals surface area contributed by atoms with E-state index >= 15 is 0 Å². The van der Waals surface area contributed by atoms with Crippen LogP contribution in [0.2, 0.25) is 5.02 Å². The van der Waals surface area contributed by atoms with Gasteiger partial charge < -0.3 is 0 Å². The number of carbonyl (C=O) groups is 2. The number of nitrogens with zero attached hydrogens (tertiary/aromatic N) is 2. The lowest BCUT2D eigenvalue weighted by Crippen LogP contribution is -2.57. The number of rotatable bonds is 2. The Morgan fingerprint density at radius 3 is 2.80 bits per heavy atom. The molecule has 5 atom stereocenters. The average Bonchev–Trinajstić information content (AvgIpc) is 3.04. The standard InChI is InChI=1S/C21H22ClN5O3/c1-10-5-17(29)25-21(24-10)27-20(30)18-14-7-12(11-3-2-4-13(22)6-11)8-16(28)15(14)9-23-19(18)26-27/h2-6,12,14-15,18-19,23,26H,7-9H2,1H3,(H,24,25,29). The van der Waals surface area contributed by atoms with Crippen molar-refractivity contribution >= 4 is 29.2 Å². The number of benzene rings is 1. The van der Waals surface area contributed by atoms with E-state index in [9.17, 15) is 14.4 Å². The van der Waals surface area contributed by atoms with Crippen molar-refractivity contribution < 1.29 is 9.59 Å². The van der Waals surface area contributed by atoms with E-state index in [4.69, 9.17) is 11.6 Å². The molecule has 1 saturated carbocycles. The van der Waals surface area contributed by atoms with Crippen LogP contribution >= 0.6 is 11.6 Å². The fraction of sp³-hybridized carbons (Fsp3) is 0.429. The number of halogens is 1. The maximum atomic E-state index is 13.4. The van der Waals surface area contributed by atoms with Gasteiger partial charge in [0.05, 0.1) is 12.1 Å². The third-order valence-electron chi connectivity index (χ3n) is 6.48. The van der Waals surface area contributed by atoms with Gasteiger partial charge in [-0.3, -0.25) is 24.7 Å². The summed E-state index contributed by atoms with van der Waals surface area (Å²) in [6, 6.07) is 8.98. The molecule has 1 aliphatic carbocycles. The highest BCUT2D eigenvalue weighted by Gasteiger charge is 2.54. The second-order valence-electron chi connectivity index (χ2n) is 8.35. The SMILES string of the molecule is Cc1cc(=O)[nH]c(N2NC3NCC4C(=O)CC(c5cccc(Cl)c5)CC4C3C2=O)n1. The van der Waals surface area contributed by atoms with Crippen LogP contribution in [-0.2, 0) is 9.59 Å². The van der Waals surface area contributed by atoms with Gasteiger partial charge in [0.1, 0.15) is 5.78 Å². The predicted octanol–water partition coefficient (Wildman–Crippen LogP) is 1.51. The topological polar surface area (TPSA) is 107 Å². The minimum absolute atomic E-state index is 0.0370. The van der Waals surface area contributed by atoms with Crippen molar-refractivity contribution in [3.8, 4) is 0 Å². The molecule has 3 heterocycles. The Bertz CT molecular complexity index is 1090. The number of aryl methyl sites for hydroxylation is 1. The monoisotopic (exact) mass is 427 g/mol. The molecule has 3 fully saturated rings. The van der Waals surface area contributed by atoms with Crippen LogP contribution in [0.4, 0.5) is 5.95 Å². The van der Waals surface area contributed by atoms with Gasteiger partial charge in [-0.15, -0.1) is 0 Å². The Morgan fingerprint density at radius 2 is 2.03 bits per heavy atom. The number of hydrogen-bond acceptors (Lipinski definition) is 6. The van der Waals surface area contributed by atoms with Crippen molar-refractivity contribution in [1.29, 1.82) is 0 Å². The van der Waals surface area contributed by atoms with Gasteiger partial charge in [0.2, 0.25) is 11.9 Å². The first-order chi connectivity index (χ1) is 14.4. The van der Waals surface area contributed by atoms with E-state index < -0.39 is 5.92 Å². The number of carbonyl (C=O) groups excluding carboxylic acids is 2. The maximum absolute atomic E-state index is 13.4. The van der Waals surface area contributed by atoms with Crippen molar-refractivity contribution in [2.24, 2.45) is 17.8 Å². The van der Waals surface area contributed by atoms with E-state index in [1.165, 1.54) is 11.1 Å². The molecule has 0 radical (unpaired) electrons. The molecular formula is C21H22ClN5O3. The van der Waals surface area contributed by atoms with E-state index in [1.807, 2.05) is 24.3 Å². The average molecular weight is 428 g/mol. The highest BCUT2D eigenvalue weighted by molar-refractivity contribution is 6.30. The number of aromatic amines is 1. The Morgan fingerprint density at radius 1 is 1.20 bits per heavy atom. The zero-order valence-corrected chi connectivity index (χ0v) is 17.1. The van der Waals surface area contributed by atoms with Gasteiger partial charge >= 0.3 is 0 Å². The molecule has 8 nitrogen and oxygen atoms in total. The molecule has 1 amide bonds. The quantitative estimate of drug-likeness (QED) is 0.670. The second kappa shape index (κ2) is 7.30. The summed E-state index contributed by atoms with van der Waals surface area (Å²) >= 11 is 6.16. The lowest BCUT2D eigenvalue weighted by molar-refractivity contribution is -0.133. The summed E-state index contributed by atoms with van der Waals surface area (Å²) in [7, 11) is 0. The summed E-state index contributed by atoms with van der Waals surface area (Å²) in [6.07, 6.45) is 0.882. The number of hydrazine groups is 1. The van der Waals surface area contributed by atoms with Crippen LogP contribution in [0.3, 0.4) is 0 Å². The zero-order valence-electron chi connectivity index (χ0n) is 16.4. The molecule has 0 spiro atoms. The Balaban J connectivity index is 1.45. The van der Waals surface area contributed by atoms with E-state index in [2.05, 4.69) is 20.7 Å². The lowest BCUT2D eigenvalue weighted by atomic mass is 9.64. The summed E-state index contributed by atoms with van der Waals surface area (Å²) in [6.45, 7) is 2.23. The first kappa shape index (κ1) is 19.4. The van der Waals surface area contributed by atoms with Crippen LogP contribution in [0.5, 0.6) is 0 Å². The number of Topliss-reactive ketones (excluding diaryl/α,β-unsaturated/α-hetero) is 1. The van der Waals surface area contributed by atoms with Gasteiger partial charge in [0, 0.05) is 35.7 Å². The van der Waals surface area contributed by atoms with Gasteiger partial charge in [-0.2, -0.15) is 0 Å². The molecular weight excluding hydrogens is 406 g/mol. The van der Waals surface area contributed by atoms with Gasteiger partial charge in [-0.1, -0.05) is 23.7 Å². The number of nitrogens with one attached hydrogen (secondary N) is 3. The van der Waals surface area contributed by atoms with Crippen molar-refractivity contribution in [1.82, 2.24) is 20.7 Å². The molecule has 5 unspecified atom stereocenters. The minimum Gasteiger partial charge on any atom is -0.299 e. The Hall–Kier alpha value is -2.55. The van der Waals surface area contributed by atoms with Crippen molar-refractivity contribution in [3.05, 3.63) is 57.0 Å². The van der Waals surface area contributed by atoms with Crippen LogP contribution in [0.25, 0.3) is 0 Å². The molecule has 1 aromatic carbocycles. The molecule has 0 bridgehead atoms. The fourth-order valence-corrected chi connectivity index (χ4v) is 5.35. The van der Waals surface area contributed by atoms with E-state index in [-0.39, 0.29) is 47.1 Å². The zero-order chi connectivity index (χ0) is 21.0. The second-order valence-corrected chi connectivity index (χ2v) is 8.79. The summed E-state index contributed by atoms with van der Waals surface area (Å²) in [5, 5.41) is 5.25. The summed E-state index contributed by atoms with van der Waals surface area (Å²) in [5.74, 6) is -0.507. The summed E-state index contributed by atoms with van der Waals surface area (Å²) in [4.78, 5) is 45.1. The van der Waals surface area contributed by atoms with Gasteiger partial charge in [-0.25, -0.2) is 15.4 Å². The highest BCUT2D eigenvalue weighted by Crippen LogP contribution is 2.45. The van der Waals surface area contributed by atoms with Crippen molar-refractivity contribution in [3.63, 3.8) is 0 Å². The van der Waals surface area contributed by atoms with E-state index in [1.54, 1.807) is 6.92 Å². The molecule has 2 aromatic rings. The van der Waals surface area contributed by atoms with Gasteiger partial charge in [0.25, 0.3) is 5.56 Å². The number of aromatic nitrogens is 2. The van der Waals surface area contributed by atoms with Crippen LogP contribution in [0, 0.1) is 24.7 Å². The molecule has 3 N–H and O–H groups in total. The molecule has 2 saturated heterocycles. The first-order valence-electron chi connectivity index (χ1n) is 10.1. The molecule has 3 aliphatic rings. The molecule has 9 heteroatoms. The van der Waals surface area contributed by atoms with Gasteiger partial charge in [-0.05, 0) is 42.9 Å². The first-order valence-corrected chi connectivity index (χ1v) is 10.5. The molecule has 2 aliphatic heterocycles. The third kappa shape index (κ3) is 3.25. The van der Waals surface area contributed by atoms with Gasteiger partial charge in [0.15, 0.2) is 0 Å². The normalized spacial score (nSPS) is 30.9. The number of H-pyrrole nitrogens is 1. The molecule has 30 heavy (non-hydrogen) atoms. The number of piperidine rings is 1. The predicted molar refractivity (Wildman–Crippen MR) is 111 cm³/mol. The number of ketones is 1. The summed E-state index contributed by atoms with van der Waals surface area (Å²) in [5.41, 5.74) is 4.37. The van der Waals surface area contributed by atoms with E-state index in [0.29, 0.717) is 23.7 Å². The molecule has 5 rings (SSSR count). The Labute approximate surface area is 178 Å². The van der Waals surface area contributed by atoms with Crippen LogP contribution in [0.1, 0.15) is 30.0 Å². The van der Waals surface area contributed by atoms with Crippen LogP contribution < -0.4 is 21.3 Å². The number of hydrogen-bond donors (Lipinski definition) is 3. The summed E-state index contributed by atoms with van der Waals surface area (Å²) < 4.78 is 0. The molecule has 156 valence electrons. The van der Waals surface area contributed by atoms with Crippen molar-refractivity contribution in [2.75, 3.05) is 11.6 Å². The maximum Gasteiger partial charge on any atom is 0.252 e. The minimum atomic E-state index is -0.416. The third-order valence-corrected chi connectivity index (χ3v) is 6.71. The van der Waals surface area contributed by atoms with Crippen LogP contribution in [0.15, 0.2) is 35.1 Å². The van der Waals surface area contributed by atoms with Crippen molar-refractivity contribution in [2.45, 2.75) is 31.8 Å². The fourth-order valence-electron chi connectivity index (χ4n) is 5.15. The lowest BCUT2D eigenvalue weighted by Gasteiger charge is -2.43. The number of fused-ring (bicyclic) bond motifs is 3. The number of amides is 1. The molecule has 1 aromatic heterocycles. The van der Waals surface area contributed by atoms with E-state index in [0.717, 1.165) is 12.0 Å². The Kier molecular flexibility index (Phi) is 4.72. The van der Waals surface area contributed by atoms with Crippen LogP contribution in [-0.4, -0.2) is 34.4 Å². The smallest absolute Gasteiger partial charge is 0.252 e. The number of anilines is 1.